The molecule has 5 nitrogen and oxygen atoms in total. The van der Waals surface area contributed by atoms with Crippen LogP contribution < -0.4 is 0 Å². The van der Waals surface area contributed by atoms with E-state index in [1.807, 2.05) is 44.4 Å². The number of amidine groups is 1. The van der Waals surface area contributed by atoms with E-state index in [-0.39, 0.29) is 24.3 Å². The fourth-order valence-corrected chi connectivity index (χ4v) is 3.26. The minimum atomic E-state index is -0.220. The minimum Gasteiger partial charge on any atom is -0.394 e. The first-order valence-corrected chi connectivity index (χ1v) is 8.31. The van der Waals surface area contributed by atoms with E-state index < -0.39 is 0 Å². The van der Waals surface area contributed by atoms with Crippen molar-refractivity contribution in [1.82, 2.24) is 4.90 Å². The van der Waals surface area contributed by atoms with Crippen LogP contribution in [0.2, 0.25) is 0 Å². The van der Waals surface area contributed by atoms with Gasteiger partial charge in [-0.25, -0.2) is 0 Å². The molecule has 6 heteroatoms. The third-order valence-electron chi connectivity index (χ3n) is 3.51. The van der Waals surface area contributed by atoms with Crippen LogP contribution in [0.5, 0.6) is 0 Å². The predicted octanol–water partition coefficient (Wildman–Crippen LogP) is 2.30. The molecule has 0 spiro atoms. The molecule has 3 unspecified atom stereocenters. The quantitative estimate of drug-likeness (QED) is 0.643. The Balaban J connectivity index is 1.88. The Morgan fingerprint density at radius 1 is 1.36 bits per heavy atom. The minimum absolute atomic E-state index is 0.0163. The van der Waals surface area contributed by atoms with Crippen molar-refractivity contribution in [1.29, 1.82) is 5.41 Å². The van der Waals surface area contributed by atoms with Gasteiger partial charge in [-0.05, 0) is 5.56 Å². The lowest BCUT2D eigenvalue weighted by Crippen LogP contribution is -2.38. The smallest absolute Gasteiger partial charge is 0.158 e. The van der Waals surface area contributed by atoms with Crippen molar-refractivity contribution in [2.75, 3.05) is 20.7 Å². The highest BCUT2D eigenvalue weighted by Gasteiger charge is 2.31. The van der Waals surface area contributed by atoms with Crippen LogP contribution in [0.1, 0.15) is 18.4 Å². The van der Waals surface area contributed by atoms with E-state index in [0.717, 1.165) is 12.0 Å². The molecule has 1 aliphatic heterocycles. The highest BCUT2D eigenvalue weighted by atomic mass is 32.2. The first-order valence-electron chi connectivity index (χ1n) is 7.43. The van der Waals surface area contributed by atoms with Gasteiger partial charge in [0.25, 0.3) is 0 Å². The second-order valence-electron chi connectivity index (χ2n) is 5.58. The Labute approximate surface area is 136 Å². The van der Waals surface area contributed by atoms with Gasteiger partial charge >= 0.3 is 0 Å². The third-order valence-corrected chi connectivity index (χ3v) is 4.66. The van der Waals surface area contributed by atoms with Crippen molar-refractivity contribution in [2.45, 2.75) is 37.1 Å². The maximum absolute atomic E-state index is 9.40. The molecular formula is C16H24N2O3S. The topological polar surface area (TPSA) is 65.8 Å². The molecule has 1 saturated heterocycles. The molecule has 1 aromatic carbocycles. The van der Waals surface area contributed by atoms with Crippen LogP contribution in [0.25, 0.3) is 0 Å². The van der Waals surface area contributed by atoms with Gasteiger partial charge in [0.15, 0.2) is 5.17 Å². The highest BCUT2D eigenvalue weighted by Crippen LogP contribution is 2.30. The standard InChI is InChI=1S/C16H24N2O3S/c1-18(2)16(17)22-15-9-13(8-14(10-19)21-15)20-11-12-6-4-3-5-7-12/h3-7,13-15,17,19H,8-11H2,1-2H3. The number of thioether (sulfide) groups is 1. The molecule has 2 N–H and O–H groups in total. The van der Waals surface area contributed by atoms with Crippen LogP contribution in [0, 0.1) is 5.41 Å². The zero-order chi connectivity index (χ0) is 15.9. The van der Waals surface area contributed by atoms with Crippen molar-refractivity contribution in [2.24, 2.45) is 0 Å². The van der Waals surface area contributed by atoms with Gasteiger partial charge in [-0.2, -0.15) is 0 Å². The number of benzene rings is 1. The molecule has 0 aliphatic carbocycles. The van der Waals surface area contributed by atoms with Gasteiger partial charge in [-0.1, -0.05) is 42.1 Å². The van der Waals surface area contributed by atoms with Crippen LogP contribution in [0.15, 0.2) is 30.3 Å². The molecule has 1 fully saturated rings. The predicted molar refractivity (Wildman–Crippen MR) is 89.0 cm³/mol. The molecule has 0 radical (unpaired) electrons. The molecule has 22 heavy (non-hydrogen) atoms. The van der Waals surface area contributed by atoms with E-state index in [2.05, 4.69) is 0 Å². The molecule has 122 valence electrons. The van der Waals surface area contributed by atoms with Gasteiger partial charge in [0.2, 0.25) is 0 Å². The SMILES string of the molecule is CN(C)C(=N)SC1CC(OCc2ccccc2)CC(CO)O1. The van der Waals surface area contributed by atoms with Crippen LogP contribution in [0.4, 0.5) is 0 Å². The second-order valence-corrected chi connectivity index (χ2v) is 6.73. The summed E-state index contributed by atoms with van der Waals surface area (Å²) >= 11 is 1.37. The first-order chi connectivity index (χ1) is 10.6. The summed E-state index contributed by atoms with van der Waals surface area (Å²) in [4.78, 5) is 1.75. The zero-order valence-electron chi connectivity index (χ0n) is 13.1. The monoisotopic (exact) mass is 324 g/mol. The maximum atomic E-state index is 9.40. The lowest BCUT2D eigenvalue weighted by Gasteiger charge is -2.34. The van der Waals surface area contributed by atoms with Gasteiger partial charge in [-0.3, -0.25) is 5.41 Å². The van der Waals surface area contributed by atoms with Crippen LogP contribution in [-0.2, 0) is 16.1 Å². The molecule has 0 aromatic heterocycles. The number of nitrogens with zero attached hydrogens (tertiary/aromatic N) is 1. The third kappa shape index (κ3) is 5.28. The van der Waals surface area contributed by atoms with Crippen LogP contribution in [0.3, 0.4) is 0 Å². The van der Waals surface area contributed by atoms with Gasteiger partial charge in [0.05, 0.1) is 25.4 Å². The number of hydrogen-bond acceptors (Lipinski definition) is 5. The fraction of sp³-hybridized carbons (Fsp3) is 0.562. The average Bonchev–Trinajstić information content (AvgIpc) is 2.53. The molecule has 0 bridgehead atoms. The summed E-state index contributed by atoms with van der Waals surface area (Å²) in [5.74, 6) is 0. The van der Waals surface area contributed by atoms with E-state index in [1.54, 1.807) is 4.90 Å². The van der Waals surface area contributed by atoms with E-state index in [9.17, 15) is 5.11 Å². The van der Waals surface area contributed by atoms with E-state index >= 15 is 0 Å². The summed E-state index contributed by atoms with van der Waals surface area (Å²) in [6, 6.07) is 10.1. The van der Waals surface area contributed by atoms with Gasteiger partial charge in [0.1, 0.15) is 5.44 Å². The molecule has 3 atom stereocenters. The second kappa shape index (κ2) is 8.53. The van der Waals surface area contributed by atoms with Crippen molar-refractivity contribution in [3.05, 3.63) is 35.9 Å². The summed E-state index contributed by atoms with van der Waals surface area (Å²) in [6.07, 6.45) is 1.24. The Kier molecular flexibility index (Phi) is 6.70. The fourth-order valence-electron chi connectivity index (χ4n) is 2.28. The number of nitrogens with one attached hydrogen (secondary N) is 1. The number of rotatable bonds is 5. The lowest BCUT2D eigenvalue weighted by atomic mass is 10.1. The van der Waals surface area contributed by atoms with E-state index in [1.165, 1.54) is 11.8 Å². The van der Waals surface area contributed by atoms with E-state index in [4.69, 9.17) is 14.9 Å². The van der Waals surface area contributed by atoms with Crippen molar-refractivity contribution in [3.8, 4) is 0 Å². The average molecular weight is 324 g/mol. The largest absolute Gasteiger partial charge is 0.394 e. The molecule has 1 aliphatic rings. The molecule has 1 heterocycles. The number of hydrogen-bond donors (Lipinski definition) is 2. The van der Waals surface area contributed by atoms with Gasteiger partial charge in [0, 0.05) is 26.9 Å². The summed E-state index contributed by atoms with van der Waals surface area (Å²) < 4.78 is 11.8. The van der Waals surface area contributed by atoms with Crippen LogP contribution >= 0.6 is 11.8 Å². The van der Waals surface area contributed by atoms with Gasteiger partial charge < -0.3 is 19.5 Å². The molecule has 0 amide bonds. The zero-order valence-corrected chi connectivity index (χ0v) is 13.9. The first kappa shape index (κ1) is 17.3. The van der Waals surface area contributed by atoms with Crippen molar-refractivity contribution in [3.63, 3.8) is 0 Å². The molecule has 1 aromatic rings. The Morgan fingerprint density at radius 2 is 2.09 bits per heavy atom. The van der Waals surface area contributed by atoms with Crippen LogP contribution in [-0.4, -0.2) is 53.5 Å². The lowest BCUT2D eigenvalue weighted by molar-refractivity contribution is -0.103. The number of aliphatic hydroxyl groups is 1. The Bertz CT molecular complexity index is 470. The summed E-state index contributed by atoms with van der Waals surface area (Å²) in [7, 11) is 3.68. The maximum Gasteiger partial charge on any atom is 0.158 e. The molecular weight excluding hydrogens is 300 g/mol. The Morgan fingerprint density at radius 3 is 2.73 bits per heavy atom. The number of ether oxygens (including phenoxy) is 2. The van der Waals surface area contributed by atoms with Gasteiger partial charge in [-0.15, -0.1) is 0 Å². The molecule has 2 rings (SSSR count). The van der Waals surface area contributed by atoms with E-state index in [0.29, 0.717) is 18.2 Å². The summed E-state index contributed by atoms with van der Waals surface area (Å²) in [5.41, 5.74) is 0.987. The number of aliphatic hydroxyl groups excluding tert-OH is 1. The highest BCUT2D eigenvalue weighted by molar-refractivity contribution is 8.14. The Hall–Kier alpha value is -1.08. The summed E-state index contributed by atoms with van der Waals surface area (Å²) in [5, 5.41) is 17.8. The van der Waals surface area contributed by atoms with Crippen molar-refractivity contribution < 1.29 is 14.6 Å². The summed E-state index contributed by atoms with van der Waals surface area (Å²) in [6.45, 7) is 0.545. The molecule has 0 saturated carbocycles. The normalized spacial score (nSPS) is 25.0. The van der Waals surface area contributed by atoms with Crippen molar-refractivity contribution >= 4 is 16.9 Å².